The number of aliphatic hydroxyl groups is 2. The lowest BCUT2D eigenvalue weighted by molar-refractivity contribution is -0.230. The first-order valence-corrected chi connectivity index (χ1v) is 5.16. The molecule has 0 aliphatic carbocycles. The minimum absolute atomic E-state index is 0.0697. The highest BCUT2D eigenvalue weighted by molar-refractivity contribution is 4.78. The smallest absolute Gasteiger partial charge is 0.181 e. The van der Waals surface area contributed by atoms with Gasteiger partial charge in [0.2, 0.25) is 0 Å². The fourth-order valence-electron chi connectivity index (χ4n) is 1.93. The third-order valence-electron chi connectivity index (χ3n) is 2.71. The number of hydrogen-bond donors (Lipinski definition) is 2. The lowest BCUT2D eigenvalue weighted by Crippen LogP contribution is -2.44. The van der Waals surface area contributed by atoms with Crippen molar-refractivity contribution in [3.05, 3.63) is 0 Å². The van der Waals surface area contributed by atoms with Gasteiger partial charge in [-0.25, -0.2) is 0 Å². The third kappa shape index (κ3) is 2.93. The average Bonchev–Trinajstić information content (AvgIpc) is 2.09. The van der Waals surface area contributed by atoms with Crippen LogP contribution in [0.5, 0.6) is 0 Å². The molecule has 0 bridgehead atoms. The third-order valence-corrected chi connectivity index (χ3v) is 2.71. The van der Waals surface area contributed by atoms with Gasteiger partial charge in [-0.15, -0.1) is 0 Å². The molecule has 1 heterocycles. The van der Waals surface area contributed by atoms with Gasteiger partial charge < -0.3 is 14.9 Å². The summed E-state index contributed by atoms with van der Waals surface area (Å²) in [6.45, 7) is 4.07. The summed E-state index contributed by atoms with van der Waals surface area (Å²) in [6.07, 6.45) is 2.49. The van der Waals surface area contributed by atoms with Crippen LogP contribution in [0.25, 0.3) is 0 Å². The quantitative estimate of drug-likeness (QED) is 0.701. The molecule has 78 valence electrons. The van der Waals surface area contributed by atoms with Crippen LogP contribution in [0.1, 0.15) is 39.5 Å². The molecule has 1 fully saturated rings. The van der Waals surface area contributed by atoms with Crippen LogP contribution in [-0.2, 0) is 4.74 Å². The van der Waals surface area contributed by atoms with Gasteiger partial charge in [-0.1, -0.05) is 19.8 Å². The molecule has 0 radical (unpaired) electrons. The van der Waals surface area contributed by atoms with E-state index in [-0.39, 0.29) is 12.0 Å². The standard InChI is InChI=1S/C10H20O3/c1-3-4-5-8-6-7(2)13-10(12)9(8)11/h7-12H,3-6H2,1-2H3/t7-,8+,9-,10-/m1/s1. The number of ether oxygens (including phenoxy) is 1. The predicted octanol–water partition coefficient (Wildman–Crippen LogP) is 1.28. The Hall–Kier alpha value is -0.120. The highest BCUT2D eigenvalue weighted by Crippen LogP contribution is 2.28. The first-order chi connectivity index (χ1) is 6.15. The van der Waals surface area contributed by atoms with Gasteiger partial charge in [0, 0.05) is 0 Å². The molecular formula is C10H20O3. The van der Waals surface area contributed by atoms with Crippen LogP contribution in [0.2, 0.25) is 0 Å². The molecule has 3 nitrogen and oxygen atoms in total. The van der Waals surface area contributed by atoms with E-state index < -0.39 is 12.4 Å². The molecule has 0 aromatic carbocycles. The molecule has 0 aromatic rings. The topological polar surface area (TPSA) is 49.7 Å². The number of hydrogen-bond acceptors (Lipinski definition) is 3. The van der Waals surface area contributed by atoms with Crippen molar-refractivity contribution in [1.29, 1.82) is 0 Å². The Morgan fingerprint density at radius 3 is 2.69 bits per heavy atom. The maximum absolute atomic E-state index is 9.61. The van der Waals surface area contributed by atoms with Crippen LogP contribution in [-0.4, -0.2) is 28.7 Å². The van der Waals surface area contributed by atoms with Crippen molar-refractivity contribution in [3.63, 3.8) is 0 Å². The molecule has 1 aliphatic rings. The second kappa shape index (κ2) is 4.94. The van der Waals surface area contributed by atoms with Gasteiger partial charge in [0.15, 0.2) is 6.29 Å². The maximum atomic E-state index is 9.61. The number of aliphatic hydroxyl groups excluding tert-OH is 2. The maximum Gasteiger partial charge on any atom is 0.181 e. The average molecular weight is 188 g/mol. The summed E-state index contributed by atoms with van der Waals surface area (Å²) in [5, 5.41) is 19.0. The van der Waals surface area contributed by atoms with E-state index in [0.29, 0.717) is 0 Å². The van der Waals surface area contributed by atoms with E-state index in [4.69, 9.17) is 4.74 Å². The molecule has 1 aliphatic heterocycles. The minimum Gasteiger partial charge on any atom is -0.388 e. The fraction of sp³-hybridized carbons (Fsp3) is 1.00. The molecule has 13 heavy (non-hydrogen) atoms. The largest absolute Gasteiger partial charge is 0.388 e. The zero-order valence-electron chi connectivity index (χ0n) is 8.44. The van der Waals surface area contributed by atoms with Crippen molar-refractivity contribution in [2.45, 2.75) is 58.0 Å². The summed E-state index contributed by atoms with van der Waals surface area (Å²) >= 11 is 0. The van der Waals surface area contributed by atoms with Crippen molar-refractivity contribution in [2.75, 3.05) is 0 Å². The zero-order chi connectivity index (χ0) is 9.84. The van der Waals surface area contributed by atoms with Gasteiger partial charge in [-0.2, -0.15) is 0 Å². The van der Waals surface area contributed by atoms with Crippen LogP contribution >= 0.6 is 0 Å². The van der Waals surface area contributed by atoms with Crippen molar-refractivity contribution < 1.29 is 14.9 Å². The lowest BCUT2D eigenvalue weighted by Gasteiger charge is -2.35. The van der Waals surface area contributed by atoms with E-state index in [9.17, 15) is 10.2 Å². The van der Waals surface area contributed by atoms with Gasteiger partial charge >= 0.3 is 0 Å². The number of rotatable bonds is 3. The molecule has 0 aromatic heterocycles. The van der Waals surface area contributed by atoms with Gasteiger partial charge in [0.05, 0.1) is 6.10 Å². The highest BCUT2D eigenvalue weighted by atomic mass is 16.6. The number of unbranched alkanes of at least 4 members (excludes halogenated alkanes) is 1. The summed E-state index contributed by atoms with van der Waals surface area (Å²) < 4.78 is 5.11. The molecule has 0 unspecified atom stereocenters. The lowest BCUT2D eigenvalue weighted by atomic mass is 9.88. The summed E-state index contributed by atoms with van der Waals surface area (Å²) in [7, 11) is 0. The molecule has 2 N–H and O–H groups in total. The monoisotopic (exact) mass is 188 g/mol. The summed E-state index contributed by atoms with van der Waals surface area (Å²) in [5.41, 5.74) is 0. The molecule has 1 saturated heterocycles. The Morgan fingerprint density at radius 1 is 1.38 bits per heavy atom. The van der Waals surface area contributed by atoms with E-state index in [1.807, 2.05) is 6.92 Å². The van der Waals surface area contributed by atoms with Gasteiger partial charge in [0.25, 0.3) is 0 Å². The molecule has 1 rings (SSSR count). The fourth-order valence-corrected chi connectivity index (χ4v) is 1.93. The highest BCUT2D eigenvalue weighted by Gasteiger charge is 2.33. The van der Waals surface area contributed by atoms with Crippen molar-refractivity contribution in [3.8, 4) is 0 Å². The van der Waals surface area contributed by atoms with E-state index in [1.165, 1.54) is 0 Å². The Bertz CT molecular complexity index is 149. The van der Waals surface area contributed by atoms with Crippen molar-refractivity contribution >= 4 is 0 Å². The molecule has 0 spiro atoms. The summed E-state index contributed by atoms with van der Waals surface area (Å²) in [4.78, 5) is 0. The summed E-state index contributed by atoms with van der Waals surface area (Å²) in [5.74, 6) is 0.207. The molecule has 3 heteroatoms. The zero-order valence-corrected chi connectivity index (χ0v) is 8.44. The van der Waals surface area contributed by atoms with Crippen LogP contribution in [0.4, 0.5) is 0 Å². The summed E-state index contributed by atoms with van der Waals surface area (Å²) in [6, 6.07) is 0. The first-order valence-electron chi connectivity index (χ1n) is 5.16. The van der Waals surface area contributed by atoms with E-state index in [0.717, 1.165) is 25.7 Å². The van der Waals surface area contributed by atoms with Gasteiger partial charge in [-0.3, -0.25) is 0 Å². The first kappa shape index (κ1) is 11.0. The molecule has 0 amide bonds. The molecule has 4 atom stereocenters. The second-order valence-electron chi connectivity index (χ2n) is 3.97. The van der Waals surface area contributed by atoms with Gasteiger partial charge in [-0.05, 0) is 25.7 Å². The Kier molecular flexibility index (Phi) is 4.16. The Morgan fingerprint density at radius 2 is 2.08 bits per heavy atom. The van der Waals surface area contributed by atoms with Crippen LogP contribution in [0, 0.1) is 5.92 Å². The van der Waals surface area contributed by atoms with Crippen LogP contribution in [0.15, 0.2) is 0 Å². The minimum atomic E-state index is -0.981. The van der Waals surface area contributed by atoms with E-state index in [2.05, 4.69) is 6.92 Å². The van der Waals surface area contributed by atoms with Crippen molar-refractivity contribution in [2.24, 2.45) is 5.92 Å². The van der Waals surface area contributed by atoms with Gasteiger partial charge in [0.1, 0.15) is 6.10 Å². The normalized spacial score (nSPS) is 40.6. The SMILES string of the molecule is CCCC[C@H]1C[C@@H](C)O[C@@H](O)[C@@H]1O. The van der Waals surface area contributed by atoms with E-state index in [1.54, 1.807) is 0 Å². The van der Waals surface area contributed by atoms with Crippen LogP contribution < -0.4 is 0 Å². The van der Waals surface area contributed by atoms with Crippen molar-refractivity contribution in [1.82, 2.24) is 0 Å². The van der Waals surface area contributed by atoms with E-state index >= 15 is 0 Å². The predicted molar refractivity (Wildman–Crippen MR) is 50.2 cm³/mol. The Labute approximate surface area is 79.7 Å². The van der Waals surface area contributed by atoms with Crippen LogP contribution in [0.3, 0.4) is 0 Å². The molecule has 0 saturated carbocycles. The second-order valence-corrected chi connectivity index (χ2v) is 3.97. The Balaban J connectivity index is 2.41. The molecular weight excluding hydrogens is 168 g/mol.